The van der Waals surface area contributed by atoms with Crippen molar-refractivity contribution >= 4 is 17.9 Å². The van der Waals surface area contributed by atoms with Crippen molar-refractivity contribution in [3.63, 3.8) is 0 Å². The molecule has 3 N–H and O–H groups in total. The Bertz CT molecular complexity index is 1000. The number of amides is 3. The van der Waals surface area contributed by atoms with E-state index in [9.17, 15) is 14.4 Å². The molecule has 8 heteroatoms. The fraction of sp³-hybridized carbons (Fsp3) is 0.100. The van der Waals surface area contributed by atoms with E-state index in [1.165, 1.54) is 6.92 Å². The lowest BCUT2D eigenvalue weighted by Crippen LogP contribution is -2.42. The highest BCUT2D eigenvalue weighted by Gasteiger charge is 2.24. The monoisotopic (exact) mass is 378 g/mol. The molecule has 1 aromatic heterocycles. The molecule has 0 aliphatic heterocycles. The summed E-state index contributed by atoms with van der Waals surface area (Å²) >= 11 is 0. The second-order valence-corrected chi connectivity index (χ2v) is 5.94. The molecule has 0 saturated carbocycles. The number of urea groups is 1. The highest BCUT2D eigenvalue weighted by Crippen LogP contribution is 2.24. The number of carbonyl (C=O) groups excluding carboxylic acids is 3. The first-order valence-corrected chi connectivity index (χ1v) is 8.47. The lowest BCUT2D eigenvalue weighted by molar-refractivity contribution is -0.127. The second-order valence-electron chi connectivity index (χ2n) is 5.94. The molecule has 1 heterocycles. The number of ether oxygens (including phenoxy) is 1. The maximum Gasteiger partial charge on any atom is 0.342 e. The molecule has 0 saturated heterocycles. The number of nitrogens with two attached hydrogens (primary N) is 1. The van der Waals surface area contributed by atoms with E-state index in [1.54, 1.807) is 10.9 Å². The molecule has 0 bridgehead atoms. The lowest BCUT2D eigenvalue weighted by Gasteiger charge is -2.11. The summed E-state index contributed by atoms with van der Waals surface area (Å²) in [5, 5.41) is 6.39. The quantitative estimate of drug-likeness (QED) is 0.661. The van der Waals surface area contributed by atoms with Gasteiger partial charge in [0, 0.05) is 11.8 Å². The zero-order chi connectivity index (χ0) is 20.1. The van der Waals surface area contributed by atoms with Gasteiger partial charge in [0.25, 0.3) is 5.91 Å². The topological polar surface area (TPSA) is 116 Å². The summed E-state index contributed by atoms with van der Waals surface area (Å²) in [6.45, 7) is 1.35. The number of esters is 1. The Labute approximate surface area is 160 Å². The Morgan fingerprint density at radius 3 is 2.25 bits per heavy atom. The molecule has 8 nitrogen and oxygen atoms in total. The molecule has 142 valence electrons. The first-order valence-electron chi connectivity index (χ1n) is 8.47. The zero-order valence-corrected chi connectivity index (χ0v) is 15.0. The van der Waals surface area contributed by atoms with Crippen molar-refractivity contribution in [2.45, 2.75) is 13.0 Å². The molecule has 1 atom stereocenters. The van der Waals surface area contributed by atoms with Gasteiger partial charge in [-0.15, -0.1) is 0 Å². The molecule has 0 aliphatic carbocycles. The van der Waals surface area contributed by atoms with Crippen molar-refractivity contribution < 1.29 is 19.1 Å². The van der Waals surface area contributed by atoms with E-state index in [4.69, 9.17) is 10.5 Å². The first-order chi connectivity index (χ1) is 13.5. The number of hydrogen-bond acceptors (Lipinski definition) is 5. The van der Waals surface area contributed by atoms with E-state index < -0.39 is 24.0 Å². The normalized spacial score (nSPS) is 11.5. The number of nitrogens with one attached hydrogen (secondary N) is 1. The molecule has 0 fully saturated rings. The fourth-order valence-corrected chi connectivity index (χ4v) is 2.55. The van der Waals surface area contributed by atoms with Crippen molar-refractivity contribution in [1.29, 1.82) is 0 Å². The van der Waals surface area contributed by atoms with Crippen molar-refractivity contribution in [3.05, 3.63) is 72.4 Å². The third kappa shape index (κ3) is 4.24. The summed E-state index contributed by atoms with van der Waals surface area (Å²) in [5.74, 6) is -1.55. The van der Waals surface area contributed by atoms with Crippen molar-refractivity contribution in [1.82, 2.24) is 15.1 Å². The van der Waals surface area contributed by atoms with Gasteiger partial charge in [-0.3, -0.25) is 10.1 Å². The average Bonchev–Trinajstić information content (AvgIpc) is 3.14. The number of primary amides is 1. The zero-order valence-electron chi connectivity index (χ0n) is 15.0. The van der Waals surface area contributed by atoms with Gasteiger partial charge in [-0.05, 0) is 19.1 Å². The standard InChI is InChI=1S/C20H18N4O4/c1-13(18(25)22-20(21)27)28-19(26)16-12-24(15-10-6-3-7-11-15)23-17(16)14-8-4-2-5-9-14/h2-13H,1H3,(H3,21,22,25,27). The molecule has 28 heavy (non-hydrogen) atoms. The van der Waals surface area contributed by atoms with Crippen LogP contribution in [0, 0.1) is 0 Å². The smallest absolute Gasteiger partial charge is 0.342 e. The Morgan fingerprint density at radius 1 is 1.04 bits per heavy atom. The van der Waals surface area contributed by atoms with Crippen LogP contribution in [-0.2, 0) is 9.53 Å². The van der Waals surface area contributed by atoms with E-state index in [0.29, 0.717) is 5.69 Å². The number of nitrogens with zero attached hydrogens (tertiary/aromatic N) is 2. The number of carbonyl (C=O) groups is 3. The minimum atomic E-state index is -1.20. The minimum absolute atomic E-state index is 0.189. The van der Waals surface area contributed by atoms with E-state index in [0.717, 1.165) is 11.3 Å². The predicted molar refractivity (Wildman–Crippen MR) is 102 cm³/mol. The van der Waals surface area contributed by atoms with E-state index in [1.807, 2.05) is 66.0 Å². The SMILES string of the molecule is CC(OC(=O)c1cn(-c2ccccc2)nc1-c1ccccc1)C(=O)NC(N)=O. The molecule has 2 aromatic carbocycles. The summed E-state index contributed by atoms with van der Waals surface area (Å²) in [5.41, 5.74) is 7.00. The Kier molecular flexibility index (Phi) is 5.50. The highest BCUT2D eigenvalue weighted by atomic mass is 16.5. The van der Waals surface area contributed by atoms with Crippen LogP contribution in [0.1, 0.15) is 17.3 Å². The maximum atomic E-state index is 12.7. The van der Waals surface area contributed by atoms with Crippen molar-refractivity contribution in [2.75, 3.05) is 0 Å². The molecular formula is C20H18N4O4. The molecule has 3 amide bonds. The summed E-state index contributed by atoms with van der Waals surface area (Å²) < 4.78 is 6.76. The molecule has 0 spiro atoms. The summed E-state index contributed by atoms with van der Waals surface area (Å²) in [4.78, 5) is 35.3. The van der Waals surface area contributed by atoms with Crippen LogP contribution in [0.2, 0.25) is 0 Å². The molecule has 1 unspecified atom stereocenters. The lowest BCUT2D eigenvalue weighted by atomic mass is 10.1. The van der Waals surface area contributed by atoms with Crippen LogP contribution in [-0.4, -0.2) is 33.8 Å². The van der Waals surface area contributed by atoms with Gasteiger partial charge >= 0.3 is 12.0 Å². The van der Waals surface area contributed by atoms with E-state index in [2.05, 4.69) is 5.10 Å². The largest absolute Gasteiger partial charge is 0.449 e. The molecule has 0 radical (unpaired) electrons. The van der Waals surface area contributed by atoms with Crippen LogP contribution in [0.4, 0.5) is 4.79 Å². The van der Waals surface area contributed by atoms with Crippen molar-refractivity contribution in [3.8, 4) is 16.9 Å². The van der Waals surface area contributed by atoms with Gasteiger partial charge in [-0.1, -0.05) is 48.5 Å². The van der Waals surface area contributed by atoms with Crippen LogP contribution in [0.3, 0.4) is 0 Å². The molecule has 0 aliphatic rings. The van der Waals surface area contributed by atoms with Crippen LogP contribution >= 0.6 is 0 Å². The van der Waals surface area contributed by atoms with Gasteiger partial charge in [0.2, 0.25) is 0 Å². The minimum Gasteiger partial charge on any atom is -0.449 e. The van der Waals surface area contributed by atoms with Gasteiger partial charge in [-0.2, -0.15) is 5.10 Å². The maximum absolute atomic E-state index is 12.7. The number of aromatic nitrogens is 2. The average molecular weight is 378 g/mol. The third-order valence-corrected chi connectivity index (χ3v) is 3.90. The number of hydrogen-bond donors (Lipinski definition) is 2. The van der Waals surface area contributed by atoms with Crippen LogP contribution in [0.25, 0.3) is 16.9 Å². The number of benzene rings is 2. The number of rotatable bonds is 5. The number of para-hydroxylation sites is 1. The highest BCUT2D eigenvalue weighted by molar-refractivity contribution is 6.00. The summed E-state index contributed by atoms with van der Waals surface area (Å²) in [6.07, 6.45) is 0.335. The molecular weight excluding hydrogens is 360 g/mol. The summed E-state index contributed by atoms with van der Waals surface area (Å²) in [6, 6.07) is 17.4. The molecule has 3 rings (SSSR count). The van der Waals surface area contributed by atoms with Crippen LogP contribution in [0.15, 0.2) is 66.9 Å². The Hall–Kier alpha value is -3.94. The van der Waals surface area contributed by atoms with E-state index >= 15 is 0 Å². The van der Waals surface area contributed by atoms with Gasteiger partial charge in [0.1, 0.15) is 11.3 Å². The van der Waals surface area contributed by atoms with Crippen LogP contribution in [0.5, 0.6) is 0 Å². The van der Waals surface area contributed by atoms with Crippen molar-refractivity contribution in [2.24, 2.45) is 5.73 Å². The fourth-order valence-electron chi connectivity index (χ4n) is 2.55. The van der Waals surface area contributed by atoms with Gasteiger partial charge in [0.15, 0.2) is 6.10 Å². The van der Waals surface area contributed by atoms with Crippen LogP contribution < -0.4 is 11.1 Å². The van der Waals surface area contributed by atoms with E-state index in [-0.39, 0.29) is 5.56 Å². The molecule has 3 aromatic rings. The number of imide groups is 1. The van der Waals surface area contributed by atoms with Gasteiger partial charge in [-0.25, -0.2) is 14.3 Å². The van der Waals surface area contributed by atoms with Gasteiger partial charge < -0.3 is 10.5 Å². The Morgan fingerprint density at radius 2 is 1.64 bits per heavy atom. The Balaban J connectivity index is 1.94. The third-order valence-electron chi connectivity index (χ3n) is 3.90. The first kappa shape index (κ1) is 18.8. The summed E-state index contributed by atoms with van der Waals surface area (Å²) in [7, 11) is 0. The van der Waals surface area contributed by atoms with Gasteiger partial charge in [0.05, 0.1) is 5.69 Å². The second kappa shape index (κ2) is 8.17. The predicted octanol–water partition coefficient (Wildman–Crippen LogP) is 2.28.